The molecule has 2 heteroatoms. The smallest absolute Gasteiger partial charge is 0.159 e. The Morgan fingerprint density at radius 2 is 1.84 bits per heavy atom. The van der Waals surface area contributed by atoms with E-state index >= 15 is 0 Å². The molecular weight excluding hydrogens is 236 g/mol. The molecule has 0 saturated heterocycles. The molecule has 0 aromatic heterocycles. The zero-order chi connectivity index (χ0) is 13.2. The Morgan fingerprint density at radius 3 is 2.58 bits per heavy atom. The van der Waals surface area contributed by atoms with Crippen LogP contribution in [0, 0.1) is 0 Å². The van der Waals surface area contributed by atoms with Gasteiger partial charge in [0.25, 0.3) is 0 Å². The molecule has 2 nitrogen and oxygen atoms in total. The first-order valence-corrected chi connectivity index (χ1v) is 6.59. The zero-order valence-electron chi connectivity index (χ0n) is 10.9. The summed E-state index contributed by atoms with van der Waals surface area (Å²) < 4.78 is 6.03. The van der Waals surface area contributed by atoms with Crippen LogP contribution in [0.25, 0.3) is 0 Å². The van der Waals surface area contributed by atoms with Crippen LogP contribution in [0.5, 0.6) is 5.75 Å². The van der Waals surface area contributed by atoms with Gasteiger partial charge in [0.05, 0.1) is 0 Å². The van der Waals surface area contributed by atoms with Crippen molar-refractivity contribution < 1.29 is 9.53 Å². The van der Waals surface area contributed by atoms with Gasteiger partial charge in [-0.2, -0.15) is 0 Å². The second-order valence-electron chi connectivity index (χ2n) is 4.92. The maximum atomic E-state index is 11.2. The highest BCUT2D eigenvalue weighted by Gasteiger charge is 2.23. The van der Waals surface area contributed by atoms with E-state index in [1.165, 1.54) is 11.1 Å². The molecule has 1 aliphatic carbocycles. The van der Waals surface area contributed by atoms with Gasteiger partial charge in [0, 0.05) is 5.56 Å². The van der Waals surface area contributed by atoms with Gasteiger partial charge < -0.3 is 4.74 Å². The summed E-state index contributed by atoms with van der Waals surface area (Å²) in [6.07, 6.45) is 2.24. The lowest BCUT2D eigenvalue weighted by Gasteiger charge is -2.15. The number of aryl methyl sites for hydroxylation is 1. The molecule has 0 N–H and O–H groups in total. The first-order chi connectivity index (χ1) is 9.24. The van der Waals surface area contributed by atoms with Gasteiger partial charge in [0.1, 0.15) is 11.9 Å². The average molecular weight is 252 g/mol. The molecule has 19 heavy (non-hydrogen) atoms. The maximum Gasteiger partial charge on any atom is 0.159 e. The third-order valence-electron chi connectivity index (χ3n) is 3.62. The van der Waals surface area contributed by atoms with Gasteiger partial charge in [-0.1, -0.05) is 24.3 Å². The molecule has 0 bridgehead atoms. The van der Waals surface area contributed by atoms with Crippen molar-refractivity contribution in [3.05, 3.63) is 65.2 Å². The molecule has 1 atom stereocenters. The lowest BCUT2D eigenvalue weighted by Crippen LogP contribution is -2.03. The lowest BCUT2D eigenvalue weighted by atomic mass is 10.1. The summed E-state index contributed by atoms with van der Waals surface area (Å²) in [5.41, 5.74) is 3.39. The van der Waals surface area contributed by atoms with E-state index in [1.54, 1.807) is 6.92 Å². The summed E-state index contributed by atoms with van der Waals surface area (Å²) in [5.74, 6) is 0.907. The predicted molar refractivity (Wildman–Crippen MR) is 74.6 cm³/mol. The van der Waals surface area contributed by atoms with Crippen molar-refractivity contribution in [2.24, 2.45) is 0 Å². The Balaban J connectivity index is 1.78. The predicted octanol–water partition coefficient (Wildman–Crippen LogP) is 3.96. The topological polar surface area (TPSA) is 26.3 Å². The van der Waals surface area contributed by atoms with Crippen molar-refractivity contribution in [3.63, 3.8) is 0 Å². The standard InChI is InChI=1S/C17H16O2/c1-12(18)13-6-9-15(10-7-13)19-17-11-8-14-4-2-3-5-16(14)17/h2-7,9-10,17H,8,11H2,1H3. The second-order valence-corrected chi connectivity index (χ2v) is 4.92. The van der Waals surface area contributed by atoms with Crippen molar-refractivity contribution >= 4 is 5.78 Å². The lowest BCUT2D eigenvalue weighted by molar-refractivity contribution is 0.101. The molecular formula is C17H16O2. The minimum Gasteiger partial charge on any atom is -0.486 e. The second kappa shape index (κ2) is 4.88. The highest BCUT2D eigenvalue weighted by Crippen LogP contribution is 2.34. The number of carbonyl (C=O) groups excluding carboxylic acids is 1. The van der Waals surface area contributed by atoms with Crippen LogP contribution >= 0.6 is 0 Å². The van der Waals surface area contributed by atoms with Crippen LogP contribution in [0.2, 0.25) is 0 Å². The summed E-state index contributed by atoms with van der Waals surface area (Å²) in [7, 11) is 0. The van der Waals surface area contributed by atoms with Crippen molar-refractivity contribution in [2.75, 3.05) is 0 Å². The Bertz CT molecular complexity index is 599. The molecule has 0 spiro atoms. The molecule has 0 fully saturated rings. The minimum atomic E-state index is 0.0813. The van der Waals surface area contributed by atoms with E-state index in [0.717, 1.165) is 24.2 Å². The molecule has 0 aliphatic heterocycles. The van der Waals surface area contributed by atoms with Crippen LogP contribution in [-0.4, -0.2) is 5.78 Å². The summed E-state index contributed by atoms with van der Waals surface area (Å²) in [6, 6.07) is 15.8. The Labute approximate surface area is 113 Å². The number of hydrogen-bond acceptors (Lipinski definition) is 2. The first kappa shape index (κ1) is 12.0. The van der Waals surface area contributed by atoms with Gasteiger partial charge in [-0.3, -0.25) is 4.79 Å². The minimum absolute atomic E-state index is 0.0813. The number of carbonyl (C=O) groups is 1. The van der Waals surface area contributed by atoms with Gasteiger partial charge in [-0.05, 0) is 55.2 Å². The number of ketones is 1. The van der Waals surface area contributed by atoms with Crippen molar-refractivity contribution in [1.29, 1.82) is 0 Å². The number of fused-ring (bicyclic) bond motifs is 1. The highest BCUT2D eigenvalue weighted by atomic mass is 16.5. The molecule has 1 aliphatic rings. The monoisotopic (exact) mass is 252 g/mol. The third kappa shape index (κ3) is 2.39. The largest absolute Gasteiger partial charge is 0.486 e. The van der Waals surface area contributed by atoms with Gasteiger partial charge in [-0.25, -0.2) is 0 Å². The van der Waals surface area contributed by atoms with E-state index in [2.05, 4.69) is 24.3 Å². The summed E-state index contributed by atoms with van der Waals surface area (Å²) in [4.78, 5) is 11.2. The molecule has 1 unspecified atom stereocenters. The van der Waals surface area contributed by atoms with Crippen LogP contribution in [0.15, 0.2) is 48.5 Å². The molecule has 0 heterocycles. The quantitative estimate of drug-likeness (QED) is 0.773. The number of rotatable bonds is 3. The van der Waals surface area contributed by atoms with Crippen molar-refractivity contribution in [3.8, 4) is 5.75 Å². The van der Waals surface area contributed by atoms with E-state index < -0.39 is 0 Å². The van der Waals surface area contributed by atoms with E-state index in [-0.39, 0.29) is 11.9 Å². The van der Waals surface area contributed by atoms with Crippen LogP contribution < -0.4 is 4.74 Å². The van der Waals surface area contributed by atoms with E-state index in [0.29, 0.717) is 0 Å². The summed E-state index contributed by atoms with van der Waals surface area (Å²) in [5, 5.41) is 0. The Hall–Kier alpha value is -2.09. The fourth-order valence-corrected chi connectivity index (χ4v) is 2.57. The van der Waals surface area contributed by atoms with E-state index in [4.69, 9.17) is 4.74 Å². The average Bonchev–Trinajstić information content (AvgIpc) is 2.83. The number of Topliss-reactive ketones (excluding diaryl/α,β-unsaturated/α-hetero) is 1. The Morgan fingerprint density at radius 1 is 1.11 bits per heavy atom. The molecule has 3 rings (SSSR count). The Kier molecular flexibility index (Phi) is 3.08. The fourth-order valence-electron chi connectivity index (χ4n) is 2.57. The summed E-state index contributed by atoms with van der Waals surface area (Å²) >= 11 is 0. The van der Waals surface area contributed by atoms with Gasteiger partial charge in [0.15, 0.2) is 5.78 Å². The maximum absolute atomic E-state index is 11.2. The van der Waals surface area contributed by atoms with Crippen LogP contribution in [0.3, 0.4) is 0 Å². The highest BCUT2D eigenvalue weighted by molar-refractivity contribution is 5.94. The van der Waals surface area contributed by atoms with Crippen LogP contribution in [-0.2, 0) is 6.42 Å². The van der Waals surface area contributed by atoms with Crippen LogP contribution in [0.1, 0.15) is 40.9 Å². The van der Waals surface area contributed by atoms with Gasteiger partial charge in [-0.15, -0.1) is 0 Å². The molecule has 0 radical (unpaired) electrons. The molecule has 0 saturated carbocycles. The molecule has 96 valence electrons. The summed E-state index contributed by atoms with van der Waals surface area (Å²) in [6.45, 7) is 1.57. The van der Waals surface area contributed by atoms with E-state index in [1.807, 2.05) is 24.3 Å². The van der Waals surface area contributed by atoms with E-state index in [9.17, 15) is 4.79 Å². The zero-order valence-corrected chi connectivity index (χ0v) is 10.9. The third-order valence-corrected chi connectivity index (χ3v) is 3.62. The number of ether oxygens (including phenoxy) is 1. The normalized spacial score (nSPS) is 17.0. The fraction of sp³-hybridized carbons (Fsp3) is 0.235. The number of benzene rings is 2. The molecule has 2 aromatic carbocycles. The SMILES string of the molecule is CC(=O)c1ccc(OC2CCc3ccccc32)cc1. The van der Waals surface area contributed by atoms with Gasteiger partial charge in [0.2, 0.25) is 0 Å². The van der Waals surface area contributed by atoms with Crippen LogP contribution in [0.4, 0.5) is 0 Å². The van der Waals surface area contributed by atoms with Gasteiger partial charge >= 0.3 is 0 Å². The molecule has 2 aromatic rings. The van der Waals surface area contributed by atoms with Crippen molar-refractivity contribution in [1.82, 2.24) is 0 Å². The number of hydrogen-bond donors (Lipinski definition) is 0. The first-order valence-electron chi connectivity index (χ1n) is 6.59. The van der Waals surface area contributed by atoms with Crippen molar-refractivity contribution in [2.45, 2.75) is 25.9 Å². The molecule has 0 amide bonds.